The van der Waals surface area contributed by atoms with Gasteiger partial charge in [-0.1, -0.05) is 24.3 Å². The summed E-state index contributed by atoms with van der Waals surface area (Å²) in [6.07, 6.45) is 2.11. The van der Waals surface area contributed by atoms with Gasteiger partial charge in [-0.25, -0.2) is 22.2 Å². The zero-order valence-electron chi connectivity index (χ0n) is 18.1. The number of benzene rings is 2. The number of nitrogens with one attached hydrogen (secondary N) is 1. The number of nitrogens with zero attached hydrogens (tertiary/aromatic N) is 5. The Kier molecular flexibility index (Phi) is 5.31. The van der Waals surface area contributed by atoms with E-state index in [9.17, 15) is 13.2 Å². The second-order valence-corrected chi connectivity index (χ2v) is 9.10. The third-order valence-corrected chi connectivity index (χ3v) is 6.48. The summed E-state index contributed by atoms with van der Waals surface area (Å²) >= 11 is 0. The van der Waals surface area contributed by atoms with Gasteiger partial charge in [-0.05, 0) is 41.5 Å². The minimum atomic E-state index is -2.66. The normalized spacial score (nSPS) is 13.3. The Hall–Kier alpha value is -3.76. The first-order chi connectivity index (χ1) is 15.9. The maximum Gasteiger partial charge on any atom is 0.245 e. The monoisotopic (exact) mass is 462 g/mol. The summed E-state index contributed by atoms with van der Waals surface area (Å²) < 4.78 is 25.8. The van der Waals surface area contributed by atoms with E-state index in [-0.39, 0.29) is 12.5 Å². The summed E-state index contributed by atoms with van der Waals surface area (Å²) in [5.41, 5.74) is 6.09. The molecule has 0 radical (unpaired) electrons. The van der Waals surface area contributed by atoms with E-state index in [1.54, 1.807) is 29.7 Å². The second-order valence-electron chi connectivity index (χ2n) is 7.95. The average Bonchev–Trinajstić information content (AvgIpc) is 3.34. The Bertz CT molecular complexity index is 1450. The fraction of sp³-hybridized carbons (Fsp3) is 0.174. The lowest BCUT2D eigenvalue weighted by molar-refractivity contribution is -0.117. The highest BCUT2D eigenvalue weighted by Crippen LogP contribution is 2.31. The van der Waals surface area contributed by atoms with Crippen LogP contribution in [0.3, 0.4) is 0 Å². The molecule has 9 nitrogen and oxygen atoms in total. The van der Waals surface area contributed by atoms with E-state index in [1.165, 1.54) is 4.31 Å². The van der Waals surface area contributed by atoms with Crippen molar-refractivity contribution in [1.82, 2.24) is 18.9 Å². The number of thiol groups is 1. The van der Waals surface area contributed by atoms with Crippen LogP contribution in [0.4, 0.5) is 17.3 Å². The van der Waals surface area contributed by atoms with Gasteiger partial charge in [-0.15, -0.1) is 5.10 Å². The van der Waals surface area contributed by atoms with Crippen molar-refractivity contribution >= 4 is 39.6 Å². The zero-order valence-corrected chi connectivity index (χ0v) is 19.0. The van der Waals surface area contributed by atoms with Crippen LogP contribution in [0.1, 0.15) is 11.1 Å². The summed E-state index contributed by atoms with van der Waals surface area (Å²) in [4.78, 5) is 18.0. The molecule has 168 valence electrons. The molecule has 1 aliphatic rings. The molecule has 0 atom stereocenters. The van der Waals surface area contributed by atoms with Crippen LogP contribution in [-0.4, -0.2) is 47.3 Å². The molecule has 5 rings (SSSR count). The molecular weight excluding hydrogens is 440 g/mol. The molecule has 0 saturated carbocycles. The van der Waals surface area contributed by atoms with E-state index < -0.39 is 10.9 Å². The third kappa shape index (κ3) is 3.94. The van der Waals surface area contributed by atoms with Crippen LogP contribution < -0.4 is 10.2 Å². The van der Waals surface area contributed by atoms with E-state index >= 15 is 0 Å². The number of anilines is 3. The highest BCUT2D eigenvalue weighted by Gasteiger charge is 2.24. The van der Waals surface area contributed by atoms with E-state index in [4.69, 9.17) is 0 Å². The molecule has 33 heavy (non-hydrogen) atoms. The van der Waals surface area contributed by atoms with E-state index in [0.29, 0.717) is 12.4 Å². The number of amides is 1. The fourth-order valence-corrected chi connectivity index (χ4v) is 4.32. The van der Waals surface area contributed by atoms with Gasteiger partial charge in [0.2, 0.25) is 22.7 Å². The number of hydrogen-bond acceptors (Lipinski definition) is 6. The molecule has 10 heteroatoms. The average molecular weight is 463 g/mol. The molecule has 1 aliphatic heterocycles. The zero-order chi connectivity index (χ0) is 23.1. The van der Waals surface area contributed by atoms with Crippen molar-refractivity contribution in [2.24, 2.45) is 0 Å². The van der Waals surface area contributed by atoms with Crippen LogP contribution in [0.2, 0.25) is 0 Å². The highest BCUT2D eigenvalue weighted by molar-refractivity contribution is 7.69. The number of rotatable bonds is 6. The maximum absolute atomic E-state index is 12.0. The number of carbonyl (C=O) groups is 1. The van der Waals surface area contributed by atoms with Gasteiger partial charge < -0.3 is 10.2 Å². The predicted molar refractivity (Wildman–Crippen MR) is 127 cm³/mol. The van der Waals surface area contributed by atoms with Gasteiger partial charge in [0.1, 0.15) is 0 Å². The number of likely N-dealkylation sites (N-methyl/N-ethyl adjacent to an activating group) is 1. The topological polar surface area (TPSA) is 99.9 Å². The van der Waals surface area contributed by atoms with Gasteiger partial charge in [-0.3, -0.25) is 4.79 Å². The molecule has 4 aromatic rings. The summed E-state index contributed by atoms with van der Waals surface area (Å²) in [6, 6.07) is 17.3. The Labute approximate surface area is 192 Å². The van der Waals surface area contributed by atoms with E-state index in [2.05, 4.69) is 15.4 Å². The number of fused-ring (bicyclic) bond motifs is 2. The Balaban J connectivity index is 1.49. The predicted octanol–water partition coefficient (Wildman–Crippen LogP) is 2.62. The van der Waals surface area contributed by atoms with Gasteiger partial charge in [0.15, 0.2) is 0 Å². The van der Waals surface area contributed by atoms with Gasteiger partial charge >= 0.3 is 0 Å². The first-order valence-corrected chi connectivity index (χ1v) is 11.5. The lowest BCUT2D eigenvalue weighted by Crippen LogP contribution is -2.20. The van der Waals surface area contributed by atoms with Crippen molar-refractivity contribution in [1.29, 1.82) is 0 Å². The molecule has 0 unspecified atom stereocenters. The van der Waals surface area contributed by atoms with Crippen LogP contribution in [0.15, 0.2) is 60.8 Å². The van der Waals surface area contributed by atoms with E-state index in [0.717, 1.165) is 39.3 Å². The molecule has 1 amide bonds. The van der Waals surface area contributed by atoms with Crippen LogP contribution in [-0.2, 0) is 28.7 Å². The molecule has 0 bridgehead atoms. The highest BCUT2D eigenvalue weighted by atomic mass is 32.2. The van der Waals surface area contributed by atoms with Crippen LogP contribution in [0.25, 0.3) is 16.8 Å². The maximum atomic E-state index is 12.0. The van der Waals surface area contributed by atoms with Crippen molar-refractivity contribution in [3.8, 4) is 11.3 Å². The number of carbonyl (C=O) groups excluding carboxylic acids is 1. The Morgan fingerprint density at radius 2 is 1.94 bits per heavy atom. The molecule has 0 saturated heterocycles. The molecule has 1 N–H and O–H groups in total. The van der Waals surface area contributed by atoms with Gasteiger partial charge in [-0.2, -0.15) is 0 Å². The largest absolute Gasteiger partial charge is 0.323 e. The molecule has 0 aliphatic carbocycles. The molecular formula is C23H22N6O3S. The summed E-state index contributed by atoms with van der Waals surface area (Å²) in [5.74, 6) is 0.484. The lowest BCUT2D eigenvalue weighted by atomic mass is 10.0. The third-order valence-electron chi connectivity index (χ3n) is 5.78. The molecule has 0 spiro atoms. The van der Waals surface area contributed by atoms with Crippen molar-refractivity contribution in [2.75, 3.05) is 24.3 Å². The van der Waals surface area contributed by atoms with Crippen LogP contribution in [0, 0.1) is 0 Å². The minimum Gasteiger partial charge on any atom is -0.323 e. The quantitative estimate of drug-likeness (QED) is 0.428. The SMILES string of the molecule is CN1C(=O)Cc2cc(Nc3ncc4ccc(-c5ccccc5CN(C)[SH](=O)=O)n4n3)ccc21. The Morgan fingerprint density at radius 1 is 1.12 bits per heavy atom. The number of hydrogen-bond donors (Lipinski definition) is 2. The second kappa shape index (κ2) is 8.30. The smallest absolute Gasteiger partial charge is 0.245 e. The molecule has 3 heterocycles. The lowest BCUT2D eigenvalue weighted by Gasteiger charge is -2.14. The first kappa shape index (κ1) is 21.1. The minimum absolute atomic E-state index is 0.0719. The number of aromatic nitrogens is 3. The molecule has 0 fully saturated rings. The Morgan fingerprint density at radius 3 is 2.76 bits per heavy atom. The summed E-state index contributed by atoms with van der Waals surface area (Å²) in [7, 11) is 0.657. The van der Waals surface area contributed by atoms with Gasteiger partial charge in [0.05, 0.1) is 23.8 Å². The molecule has 2 aromatic heterocycles. The van der Waals surface area contributed by atoms with Crippen LogP contribution in [0.5, 0.6) is 0 Å². The fourth-order valence-electron chi connectivity index (χ4n) is 4.05. The van der Waals surface area contributed by atoms with Crippen molar-refractivity contribution in [3.05, 3.63) is 71.9 Å². The van der Waals surface area contributed by atoms with Gasteiger partial charge in [0, 0.05) is 37.6 Å². The summed E-state index contributed by atoms with van der Waals surface area (Å²) in [5, 5.41) is 7.89. The summed E-state index contributed by atoms with van der Waals surface area (Å²) in [6.45, 7) is 0.264. The van der Waals surface area contributed by atoms with Crippen molar-refractivity contribution < 1.29 is 13.2 Å². The standard InChI is InChI=1S/C23H22N6O3S/c1-27(33(31)32)14-15-5-3-4-6-19(15)21-10-8-18-13-24-23(26-29(18)21)25-17-7-9-20-16(11-17)12-22(30)28(20)2/h3-11,13,33H,12,14H2,1-2H3,(H,25,26). The van der Waals surface area contributed by atoms with E-state index in [1.807, 2.05) is 54.6 Å². The van der Waals surface area contributed by atoms with Crippen LogP contribution >= 0.6 is 0 Å². The molecule has 2 aromatic carbocycles. The van der Waals surface area contributed by atoms with Gasteiger partial charge in [0.25, 0.3) is 0 Å². The first-order valence-electron chi connectivity index (χ1n) is 10.4. The van der Waals surface area contributed by atoms with Crippen molar-refractivity contribution in [2.45, 2.75) is 13.0 Å². The van der Waals surface area contributed by atoms with Crippen molar-refractivity contribution in [3.63, 3.8) is 0 Å².